The standard InChI is InChI=1S/C10H8Br2N4O/c11-6-1-7(12)8(14-4-6)9-15-10(17-16-9)5-2-13-3-5/h1,4-5,13H,2-3H2. The highest BCUT2D eigenvalue weighted by molar-refractivity contribution is 9.11. The van der Waals surface area contributed by atoms with Crippen molar-refractivity contribution in [2.75, 3.05) is 13.1 Å². The van der Waals surface area contributed by atoms with Crippen molar-refractivity contribution in [2.24, 2.45) is 0 Å². The number of hydrogen-bond acceptors (Lipinski definition) is 5. The van der Waals surface area contributed by atoms with Crippen LogP contribution in [0.1, 0.15) is 11.8 Å². The van der Waals surface area contributed by atoms with Gasteiger partial charge in [0.2, 0.25) is 11.7 Å². The average Bonchev–Trinajstić information content (AvgIpc) is 2.64. The molecule has 1 aliphatic rings. The van der Waals surface area contributed by atoms with E-state index in [2.05, 4.69) is 52.3 Å². The molecule has 1 saturated heterocycles. The van der Waals surface area contributed by atoms with Crippen LogP contribution < -0.4 is 5.32 Å². The molecule has 3 heterocycles. The lowest BCUT2D eigenvalue weighted by molar-refractivity contribution is 0.308. The van der Waals surface area contributed by atoms with Gasteiger partial charge >= 0.3 is 0 Å². The van der Waals surface area contributed by atoms with Crippen LogP contribution in [-0.2, 0) is 0 Å². The van der Waals surface area contributed by atoms with Crippen LogP contribution in [0.25, 0.3) is 11.5 Å². The van der Waals surface area contributed by atoms with Gasteiger partial charge < -0.3 is 9.84 Å². The van der Waals surface area contributed by atoms with Crippen molar-refractivity contribution < 1.29 is 4.52 Å². The summed E-state index contributed by atoms with van der Waals surface area (Å²) in [6, 6.07) is 1.91. The van der Waals surface area contributed by atoms with E-state index in [-0.39, 0.29) is 0 Å². The first-order valence-corrected chi connectivity index (χ1v) is 6.68. The Morgan fingerprint density at radius 3 is 2.82 bits per heavy atom. The first kappa shape index (κ1) is 11.3. The summed E-state index contributed by atoms with van der Waals surface area (Å²) < 4.78 is 6.98. The summed E-state index contributed by atoms with van der Waals surface area (Å²) in [5, 5.41) is 7.13. The van der Waals surface area contributed by atoms with E-state index in [1.54, 1.807) is 6.20 Å². The maximum atomic E-state index is 5.23. The number of halogens is 2. The molecule has 0 amide bonds. The highest BCUT2D eigenvalue weighted by atomic mass is 79.9. The number of hydrogen-bond donors (Lipinski definition) is 1. The van der Waals surface area contributed by atoms with Crippen LogP contribution in [0.5, 0.6) is 0 Å². The summed E-state index contributed by atoms with van der Waals surface area (Å²) in [4.78, 5) is 8.64. The fourth-order valence-corrected chi connectivity index (χ4v) is 2.70. The molecule has 2 aromatic heterocycles. The SMILES string of the molecule is Brc1cnc(-c2noc(C3CNC3)n2)c(Br)c1. The third-order valence-corrected chi connectivity index (χ3v) is 3.63. The Labute approximate surface area is 114 Å². The van der Waals surface area contributed by atoms with Crippen LogP contribution in [0.3, 0.4) is 0 Å². The Morgan fingerprint density at radius 1 is 1.35 bits per heavy atom. The van der Waals surface area contributed by atoms with Gasteiger partial charge in [-0.15, -0.1) is 0 Å². The van der Waals surface area contributed by atoms with Crippen molar-refractivity contribution in [3.8, 4) is 11.5 Å². The van der Waals surface area contributed by atoms with Gasteiger partial charge in [-0.2, -0.15) is 4.98 Å². The Kier molecular flexibility index (Phi) is 2.97. The smallest absolute Gasteiger partial charge is 0.232 e. The molecule has 1 aliphatic heterocycles. The molecular formula is C10H8Br2N4O. The van der Waals surface area contributed by atoms with E-state index in [1.807, 2.05) is 6.07 Å². The molecule has 0 aliphatic carbocycles. The number of rotatable bonds is 2. The minimum absolute atomic E-state index is 0.338. The zero-order valence-electron chi connectivity index (χ0n) is 8.65. The van der Waals surface area contributed by atoms with Crippen molar-refractivity contribution in [3.63, 3.8) is 0 Å². The Morgan fingerprint density at radius 2 is 2.18 bits per heavy atom. The van der Waals surface area contributed by atoms with Gasteiger partial charge in [-0.05, 0) is 37.9 Å². The summed E-state index contributed by atoms with van der Waals surface area (Å²) in [5.74, 6) is 1.53. The van der Waals surface area contributed by atoms with E-state index in [9.17, 15) is 0 Å². The van der Waals surface area contributed by atoms with E-state index in [1.165, 1.54) is 0 Å². The fraction of sp³-hybridized carbons (Fsp3) is 0.300. The Balaban J connectivity index is 1.94. The molecule has 0 atom stereocenters. The number of nitrogens with zero attached hydrogens (tertiary/aromatic N) is 3. The molecule has 0 saturated carbocycles. The van der Waals surface area contributed by atoms with Gasteiger partial charge in [0.1, 0.15) is 5.69 Å². The largest absolute Gasteiger partial charge is 0.339 e. The minimum Gasteiger partial charge on any atom is -0.339 e. The number of nitrogens with one attached hydrogen (secondary N) is 1. The molecule has 0 bridgehead atoms. The van der Waals surface area contributed by atoms with Gasteiger partial charge in [-0.25, -0.2) is 0 Å². The van der Waals surface area contributed by atoms with Crippen LogP contribution in [0, 0.1) is 0 Å². The molecule has 0 spiro atoms. The van der Waals surface area contributed by atoms with Crippen molar-refractivity contribution in [3.05, 3.63) is 27.1 Å². The first-order valence-electron chi connectivity index (χ1n) is 5.10. The minimum atomic E-state index is 0.338. The van der Waals surface area contributed by atoms with E-state index < -0.39 is 0 Å². The normalized spacial score (nSPS) is 15.9. The maximum Gasteiger partial charge on any atom is 0.232 e. The van der Waals surface area contributed by atoms with Crippen LogP contribution in [0.15, 0.2) is 25.7 Å². The molecule has 0 unspecified atom stereocenters. The zero-order valence-corrected chi connectivity index (χ0v) is 11.8. The van der Waals surface area contributed by atoms with Gasteiger partial charge in [0.25, 0.3) is 0 Å². The van der Waals surface area contributed by atoms with Crippen LogP contribution >= 0.6 is 31.9 Å². The summed E-state index contributed by atoms with van der Waals surface area (Å²) in [6.45, 7) is 1.80. The zero-order chi connectivity index (χ0) is 11.8. The predicted octanol–water partition coefficient (Wildman–Crippen LogP) is 2.34. The van der Waals surface area contributed by atoms with Crippen molar-refractivity contribution in [1.82, 2.24) is 20.4 Å². The molecule has 0 aromatic carbocycles. The Hall–Kier alpha value is -0.790. The van der Waals surface area contributed by atoms with Crippen LogP contribution in [-0.4, -0.2) is 28.2 Å². The highest BCUT2D eigenvalue weighted by Gasteiger charge is 2.25. The third kappa shape index (κ3) is 2.14. The van der Waals surface area contributed by atoms with Gasteiger partial charge in [0.05, 0.1) is 5.92 Å². The second-order valence-corrected chi connectivity index (χ2v) is 5.57. The summed E-state index contributed by atoms with van der Waals surface area (Å²) in [7, 11) is 0. The molecular weight excluding hydrogens is 352 g/mol. The topological polar surface area (TPSA) is 63.8 Å². The Bertz CT molecular complexity index is 553. The molecule has 0 radical (unpaired) electrons. The van der Waals surface area contributed by atoms with Gasteiger partial charge in [0.15, 0.2) is 0 Å². The van der Waals surface area contributed by atoms with Crippen LogP contribution in [0.2, 0.25) is 0 Å². The average molecular weight is 360 g/mol. The van der Waals surface area contributed by atoms with E-state index in [0.29, 0.717) is 23.3 Å². The third-order valence-electron chi connectivity index (χ3n) is 2.59. The number of pyridine rings is 1. The molecule has 3 rings (SSSR count). The second-order valence-electron chi connectivity index (χ2n) is 3.80. The summed E-state index contributed by atoms with van der Waals surface area (Å²) in [5.41, 5.74) is 0.690. The maximum absolute atomic E-state index is 5.23. The second kappa shape index (κ2) is 4.47. The van der Waals surface area contributed by atoms with E-state index >= 15 is 0 Å². The van der Waals surface area contributed by atoms with Crippen LogP contribution in [0.4, 0.5) is 0 Å². The molecule has 88 valence electrons. The molecule has 5 nitrogen and oxygen atoms in total. The molecule has 1 fully saturated rings. The fourth-order valence-electron chi connectivity index (χ4n) is 1.54. The van der Waals surface area contributed by atoms with Gasteiger partial charge in [-0.3, -0.25) is 4.98 Å². The van der Waals surface area contributed by atoms with Gasteiger partial charge in [-0.1, -0.05) is 5.16 Å². The molecule has 7 heteroatoms. The lowest BCUT2D eigenvalue weighted by Gasteiger charge is -2.22. The van der Waals surface area contributed by atoms with Crippen molar-refractivity contribution in [1.29, 1.82) is 0 Å². The van der Waals surface area contributed by atoms with Crippen molar-refractivity contribution in [2.45, 2.75) is 5.92 Å². The summed E-state index contributed by atoms with van der Waals surface area (Å²) >= 11 is 6.79. The van der Waals surface area contributed by atoms with Crippen molar-refractivity contribution >= 4 is 31.9 Å². The summed E-state index contributed by atoms with van der Waals surface area (Å²) in [6.07, 6.45) is 1.71. The van der Waals surface area contributed by atoms with E-state index in [0.717, 1.165) is 22.0 Å². The van der Waals surface area contributed by atoms with Gasteiger partial charge in [0, 0.05) is 28.2 Å². The molecule has 1 N–H and O–H groups in total. The monoisotopic (exact) mass is 358 g/mol. The highest BCUT2D eigenvalue weighted by Crippen LogP contribution is 2.28. The number of aromatic nitrogens is 3. The first-order chi connectivity index (χ1) is 8.24. The molecule has 17 heavy (non-hydrogen) atoms. The molecule has 2 aromatic rings. The van der Waals surface area contributed by atoms with E-state index in [4.69, 9.17) is 4.52 Å². The lowest BCUT2D eigenvalue weighted by Crippen LogP contribution is -2.40. The quantitative estimate of drug-likeness (QED) is 0.891. The predicted molar refractivity (Wildman–Crippen MR) is 68.5 cm³/mol. The lowest BCUT2D eigenvalue weighted by atomic mass is 10.0.